The van der Waals surface area contributed by atoms with Crippen LogP contribution in [-0.4, -0.2) is 30.6 Å². The van der Waals surface area contributed by atoms with E-state index in [2.05, 4.69) is 44.7 Å². The molecule has 1 aromatic carbocycles. The second-order valence-electron chi connectivity index (χ2n) is 6.88. The average molecular weight is 290 g/mol. The first-order valence-electron chi connectivity index (χ1n) is 8.12. The largest absolute Gasteiger partial charge is 0.497 e. The van der Waals surface area contributed by atoms with Crippen molar-refractivity contribution in [1.82, 2.24) is 4.90 Å². The van der Waals surface area contributed by atoms with Crippen LogP contribution >= 0.6 is 0 Å². The molecule has 3 heteroatoms. The number of fused-ring (bicyclic) bond motifs is 1. The summed E-state index contributed by atoms with van der Waals surface area (Å²) in [5, 5.41) is 0. The van der Waals surface area contributed by atoms with Crippen LogP contribution in [0.1, 0.15) is 51.3 Å². The number of nitrogens with two attached hydrogens (primary N) is 1. The van der Waals surface area contributed by atoms with Gasteiger partial charge in [0.2, 0.25) is 0 Å². The summed E-state index contributed by atoms with van der Waals surface area (Å²) >= 11 is 0. The van der Waals surface area contributed by atoms with E-state index in [1.165, 1.54) is 11.1 Å². The molecule has 2 N–H and O–H groups in total. The summed E-state index contributed by atoms with van der Waals surface area (Å²) in [5.74, 6) is 1.57. The van der Waals surface area contributed by atoms with E-state index in [0.717, 1.165) is 25.1 Å². The highest BCUT2D eigenvalue weighted by Gasteiger charge is 2.32. The first-order valence-corrected chi connectivity index (χ1v) is 8.12. The molecule has 0 saturated carbocycles. The fourth-order valence-electron chi connectivity index (χ4n) is 3.45. The molecule has 0 aliphatic heterocycles. The zero-order valence-corrected chi connectivity index (χ0v) is 14.1. The van der Waals surface area contributed by atoms with Gasteiger partial charge in [0, 0.05) is 24.7 Å². The van der Waals surface area contributed by atoms with E-state index >= 15 is 0 Å². The van der Waals surface area contributed by atoms with Crippen molar-refractivity contribution < 1.29 is 4.74 Å². The molecule has 21 heavy (non-hydrogen) atoms. The number of methoxy groups -OCH3 is 1. The van der Waals surface area contributed by atoms with E-state index in [-0.39, 0.29) is 6.04 Å². The van der Waals surface area contributed by atoms with Crippen LogP contribution in [0, 0.1) is 5.92 Å². The van der Waals surface area contributed by atoms with Crippen LogP contribution < -0.4 is 10.5 Å². The number of hydrogen-bond acceptors (Lipinski definition) is 3. The van der Waals surface area contributed by atoms with E-state index in [9.17, 15) is 0 Å². The molecule has 0 fully saturated rings. The maximum Gasteiger partial charge on any atom is 0.119 e. The van der Waals surface area contributed by atoms with E-state index in [0.29, 0.717) is 18.0 Å². The summed E-state index contributed by atoms with van der Waals surface area (Å²) in [7, 11) is 1.72. The van der Waals surface area contributed by atoms with E-state index < -0.39 is 0 Å². The average Bonchev–Trinajstić information content (AvgIpc) is 2.45. The Labute approximate surface area is 129 Å². The van der Waals surface area contributed by atoms with Crippen molar-refractivity contribution in [3.63, 3.8) is 0 Å². The molecule has 0 spiro atoms. The van der Waals surface area contributed by atoms with Crippen LogP contribution in [-0.2, 0) is 6.42 Å². The van der Waals surface area contributed by atoms with Crippen molar-refractivity contribution in [2.24, 2.45) is 11.7 Å². The van der Waals surface area contributed by atoms with Crippen LogP contribution in [0.3, 0.4) is 0 Å². The van der Waals surface area contributed by atoms with Gasteiger partial charge < -0.3 is 10.5 Å². The minimum absolute atomic E-state index is 0.0741. The summed E-state index contributed by atoms with van der Waals surface area (Å²) in [6.45, 7) is 10.2. The smallest absolute Gasteiger partial charge is 0.119 e. The molecule has 2 unspecified atom stereocenters. The van der Waals surface area contributed by atoms with Crippen LogP contribution in [0.25, 0.3) is 0 Å². The topological polar surface area (TPSA) is 38.5 Å². The van der Waals surface area contributed by atoms with Gasteiger partial charge in [0.1, 0.15) is 5.75 Å². The third-order valence-corrected chi connectivity index (χ3v) is 4.50. The maximum atomic E-state index is 6.63. The molecule has 3 nitrogen and oxygen atoms in total. The maximum absolute atomic E-state index is 6.63. The zero-order valence-electron chi connectivity index (χ0n) is 14.1. The zero-order chi connectivity index (χ0) is 15.6. The molecule has 0 aromatic heterocycles. The number of hydrogen-bond donors (Lipinski definition) is 1. The summed E-state index contributed by atoms with van der Waals surface area (Å²) in [5.41, 5.74) is 9.28. The highest BCUT2D eigenvalue weighted by Crippen LogP contribution is 2.34. The second kappa shape index (κ2) is 6.80. The summed E-state index contributed by atoms with van der Waals surface area (Å²) in [6, 6.07) is 7.36. The van der Waals surface area contributed by atoms with E-state index in [4.69, 9.17) is 10.5 Å². The van der Waals surface area contributed by atoms with Crippen molar-refractivity contribution in [3.05, 3.63) is 29.3 Å². The Balaban J connectivity index is 2.27. The molecule has 0 amide bonds. The number of aryl methyl sites for hydroxylation is 1. The molecule has 0 saturated heterocycles. The van der Waals surface area contributed by atoms with Gasteiger partial charge in [-0.25, -0.2) is 0 Å². The fraction of sp³-hybridized carbons (Fsp3) is 0.667. The Morgan fingerprint density at radius 3 is 2.57 bits per heavy atom. The van der Waals surface area contributed by atoms with Gasteiger partial charge in [-0.15, -0.1) is 0 Å². The minimum Gasteiger partial charge on any atom is -0.497 e. The van der Waals surface area contributed by atoms with Gasteiger partial charge in [-0.2, -0.15) is 0 Å². The molecule has 0 heterocycles. The molecule has 1 aliphatic carbocycles. The number of rotatable bonds is 5. The molecule has 1 aliphatic rings. The van der Waals surface area contributed by atoms with E-state index in [1.807, 2.05) is 6.07 Å². The minimum atomic E-state index is 0.0741. The molecule has 1 aromatic rings. The fourth-order valence-corrected chi connectivity index (χ4v) is 3.45. The van der Waals surface area contributed by atoms with Gasteiger partial charge in [-0.1, -0.05) is 19.9 Å². The van der Waals surface area contributed by atoms with Crippen molar-refractivity contribution in [2.45, 2.75) is 58.7 Å². The monoisotopic (exact) mass is 290 g/mol. The Bertz CT molecular complexity index is 470. The van der Waals surface area contributed by atoms with Crippen molar-refractivity contribution in [2.75, 3.05) is 13.7 Å². The molecule has 0 bridgehead atoms. The summed E-state index contributed by atoms with van der Waals surface area (Å²) in [6.07, 6.45) is 2.25. The Morgan fingerprint density at radius 2 is 2.00 bits per heavy atom. The SMILES string of the molecule is COc1ccc2c(c1)C(N)C(N(CC(C)C)C(C)C)CC2. The molecule has 2 atom stereocenters. The summed E-state index contributed by atoms with van der Waals surface area (Å²) < 4.78 is 5.37. The lowest BCUT2D eigenvalue weighted by atomic mass is 9.83. The molecule has 118 valence electrons. The van der Waals surface area contributed by atoms with Crippen molar-refractivity contribution in [3.8, 4) is 5.75 Å². The molecular formula is C18H30N2O. The lowest BCUT2D eigenvalue weighted by Crippen LogP contribution is -2.49. The highest BCUT2D eigenvalue weighted by atomic mass is 16.5. The lowest BCUT2D eigenvalue weighted by molar-refractivity contribution is 0.104. The van der Waals surface area contributed by atoms with Crippen molar-refractivity contribution >= 4 is 0 Å². The first kappa shape index (κ1) is 16.3. The third kappa shape index (κ3) is 3.58. The normalized spacial score (nSPS) is 22.0. The van der Waals surface area contributed by atoms with Gasteiger partial charge in [0.05, 0.1) is 7.11 Å². The summed E-state index contributed by atoms with van der Waals surface area (Å²) in [4.78, 5) is 2.58. The third-order valence-electron chi connectivity index (χ3n) is 4.50. The van der Waals surface area contributed by atoms with E-state index in [1.54, 1.807) is 7.11 Å². The Morgan fingerprint density at radius 1 is 1.29 bits per heavy atom. The standard InChI is InChI=1S/C18H30N2O/c1-12(2)11-20(13(3)4)17-9-7-14-6-8-15(21-5)10-16(14)18(17)19/h6,8,10,12-13,17-18H,7,9,11,19H2,1-5H3. The predicted molar refractivity (Wildman–Crippen MR) is 88.7 cm³/mol. The van der Waals surface area contributed by atoms with Gasteiger partial charge in [-0.05, 0) is 55.9 Å². The predicted octanol–water partition coefficient (Wildman–Crippen LogP) is 3.38. The Hall–Kier alpha value is -1.06. The van der Waals surface area contributed by atoms with Gasteiger partial charge in [0.15, 0.2) is 0 Å². The number of nitrogens with zero attached hydrogens (tertiary/aromatic N) is 1. The highest BCUT2D eigenvalue weighted by molar-refractivity contribution is 5.40. The van der Waals surface area contributed by atoms with Crippen LogP contribution in [0.5, 0.6) is 5.75 Å². The molecular weight excluding hydrogens is 260 g/mol. The van der Waals surface area contributed by atoms with Gasteiger partial charge >= 0.3 is 0 Å². The lowest BCUT2D eigenvalue weighted by Gasteiger charge is -2.42. The van der Waals surface area contributed by atoms with Crippen LogP contribution in [0.2, 0.25) is 0 Å². The van der Waals surface area contributed by atoms with Crippen LogP contribution in [0.4, 0.5) is 0 Å². The number of ether oxygens (including phenoxy) is 1. The Kier molecular flexibility index (Phi) is 5.28. The molecule has 2 rings (SSSR count). The first-order chi connectivity index (χ1) is 9.93. The van der Waals surface area contributed by atoms with Gasteiger partial charge in [0.25, 0.3) is 0 Å². The number of benzene rings is 1. The molecule has 0 radical (unpaired) electrons. The van der Waals surface area contributed by atoms with Crippen LogP contribution in [0.15, 0.2) is 18.2 Å². The quantitative estimate of drug-likeness (QED) is 0.903. The van der Waals surface area contributed by atoms with Gasteiger partial charge in [-0.3, -0.25) is 4.90 Å². The van der Waals surface area contributed by atoms with Crippen molar-refractivity contribution in [1.29, 1.82) is 0 Å². The second-order valence-corrected chi connectivity index (χ2v) is 6.88.